The summed E-state index contributed by atoms with van der Waals surface area (Å²) in [6, 6.07) is 9.69. The molecule has 25 heavy (non-hydrogen) atoms. The minimum Gasteiger partial charge on any atom is -0.357 e. The van der Waals surface area contributed by atoms with Gasteiger partial charge in [-0.3, -0.25) is 4.79 Å². The van der Waals surface area contributed by atoms with E-state index in [0.29, 0.717) is 12.4 Å². The molecule has 3 aromatic rings. The molecular formula is C18H20N6O. The van der Waals surface area contributed by atoms with Crippen molar-refractivity contribution >= 4 is 22.8 Å². The van der Waals surface area contributed by atoms with E-state index in [1.165, 1.54) is 12.8 Å². The van der Waals surface area contributed by atoms with Gasteiger partial charge in [-0.2, -0.15) is 0 Å². The van der Waals surface area contributed by atoms with Crippen molar-refractivity contribution in [2.45, 2.75) is 25.9 Å². The van der Waals surface area contributed by atoms with E-state index in [-0.39, 0.29) is 12.5 Å². The normalized spacial score (nSPS) is 14.2. The first kappa shape index (κ1) is 15.6. The van der Waals surface area contributed by atoms with Gasteiger partial charge in [0.25, 0.3) is 0 Å². The quantitative estimate of drug-likeness (QED) is 0.768. The Morgan fingerprint density at radius 3 is 2.84 bits per heavy atom. The van der Waals surface area contributed by atoms with Crippen LogP contribution in [0, 0.1) is 0 Å². The lowest BCUT2D eigenvalue weighted by Gasteiger charge is -2.16. The number of rotatable bonds is 5. The molecule has 1 N–H and O–H groups in total. The summed E-state index contributed by atoms with van der Waals surface area (Å²) in [7, 11) is 0. The SMILES string of the molecule is O=C(Cn1cnc2ccccc21)NCc1nccc(N2CCCC2)n1. The van der Waals surface area contributed by atoms with E-state index in [4.69, 9.17) is 0 Å². The molecule has 7 heteroatoms. The number of amides is 1. The average molecular weight is 336 g/mol. The Bertz CT molecular complexity index is 884. The summed E-state index contributed by atoms with van der Waals surface area (Å²) in [6.45, 7) is 2.63. The van der Waals surface area contributed by atoms with Crippen LogP contribution in [0.4, 0.5) is 5.82 Å². The molecule has 0 spiro atoms. The molecule has 7 nitrogen and oxygen atoms in total. The number of hydrogen-bond donors (Lipinski definition) is 1. The fourth-order valence-electron chi connectivity index (χ4n) is 3.12. The van der Waals surface area contributed by atoms with Crippen LogP contribution >= 0.6 is 0 Å². The van der Waals surface area contributed by atoms with E-state index in [0.717, 1.165) is 29.9 Å². The smallest absolute Gasteiger partial charge is 0.240 e. The number of para-hydroxylation sites is 2. The molecule has 0 bridgehead atoms. The van der Waals surface area contributed by atoms with Crippen molar-refractivity contribution in [3.8, 4) is 0 Å². The summed E-state index contributed by atoms with van der Waals surface area (Å²) in [4.78, 5) is 27.6. The molecule has 1 fully saturated rings. The predicted octanol–water partition coefficient (Wildman–Crippen LogP) is 1.74. The summed E-state index contributed by atoms with van der Waals surface area (Å²) >= 11 is 0. The lowest BCUT2D eigenvalue weighted by atomic mass is 10.3. The van der Waals surface area contributed by atoms with E-state index in [9.17, 15) is 4.79 Å². The lowest BCUT2D eigenvalue weighted by molar-refractivity contribution is -0.121. The molecular weight excluding hydrogens is 316 g/mol. The number of nitrogens with one attached hydrogen (secondary N) is 1. The van der Waals surface area contributed by atoms with Crippen LogP contribution in [0.5, 0.6) is 0 Å². The zero-order valence-electron chi connectivity index (χ0n) is 13.9. The first-order valence-electron chi connectivity index (χ1n) is 8.53. The zero-order valence-corrected chi connectivity index (χ0v) is 13.9. The van der Waals surface area contributed by atoms with Gasteiger partial charge < -0.3 is 14.8 Å². The summed E-state index contributed by atoms with van der Waals surface area (Å²) in [5.74, 6) is 1.49. The maximum absolute atomic E-state index is 12.2. The van der Waals surface area contributed by atoms with Gasteiger partial charge in [0.05, 0.1) is 23.9 Å². The van der Waals surface area contributed by atoms with Crippen LogP contribution in [-0.2, 0) is 17.9 Å². The fourth-order valence-corrected chi connectivity index (χ4v) is 3.12. The Balaban J connectivity index is 1.38. The largest absolute Gasteiger partial charge is 0.357 e. The van der Waals surface area contributed by atoms with Crippen molar-refractivity contribution in [3.05, 3.63) is 48.7 Å². The molecule has 0 unspecified atom stereocenters. The number of aromatic nitrogens is 4. The van der Waals surface area contributed by atoms with Gasteiger partial charge in [0.1, 0.15) is 18.2 Å². The maximum Gasteiger partial charge on any atom is 0.240 e. The monoisotopic (exact) mass is 336 g/mol. The van der Waals surface area contributed by atoms with Crippen LogP contribution in [0.15, 0.2) is 42.9 Å². The molecule has 1 amide bonds. The third-order valence-electron chi connectivity index (χ3n) is 4.41. The molecule has 0 atom stereocenters. The topological polar surface area (TPSA) is 75.9 Å². The predicted molar refractivity (Wildman–Crippen MR) is 95.1 cm³/mol. The third-order valence-corrected chi connectivity index (χ3v) is 4.41. The van der Waals surface area contributed by atoms with Crippen molar-refractivity contribution in [1.29, 1.82) is 0 Å². The first-order valence-corrected chi connectivity index (χ1v) is 8.53. The van der Waals surface area contributed by atoms with Gasteiger partial charge >= 0.3 is 0 Å². The number of carbonyl (C=O) groups is 1. The molecule has 0 aliphatic carbocycles. The first-order chi connectivity index (χ1) is 12.3. The van der Waals surface area contributed by atoms with Gasteiger partial charge in [-0.05, 0) is 31.0 Å². The van der Waals surface area contributed by atoms with Crippen LogP contribution in [0.2, 0.25) is 0 Å². The van der Waals surface area contributed by atoms with E-state index in [2.05, 4.69) is 25.2 Å². The van der Waals surface area contributed by atoms with Crippen LogP contribution in [0.1, 0.15) is 18.7 Å². The van der Waals surface area contributed by atoms with Gasteiger partial charge in [-0.25, -0.2) is 15.0 Å². The molecule has 4 rings (SSSR count). The molecule has 1 aliphatic heterocycles. The zero-order chi connectivity index (χ0) is 17.1. The van der Waals surface area contributed by atoms with E-state index in [1.54, 1.807) is 12.5 Å². The molecule has 3 heterocycles. The van der Waals surface area contributed by atoms with Crippen molar-refractivity contribution in [2.24, 2.45) is 0 Å². The van der Waals surface area contributed by atoms with Gasteiger partial charge in [0, 0.05) is 19.3 Å². The second-order valence-corrected chi connectivity index (χ2v) is 6.16. The third kappa shape index (κ3) is 3.45. The molecule has 2 aromatic heterocycles. The highest BCUT2D eigenvalue weighted by atomic mass is 16.1. The van der Waals surface area contributed by atoms with E-state index < -0.39 is 0 Å². The number of fused-ring (bicyclic) bond motifs is 1. The van der Waals surface area contributed by atoms with E-state index >= 15 is 0 Å². The van der Waals surface area contributed by atoms with Crippen molar-refractivity contribution in [2.75, 3.05) is 18.0 Å². The van der Waals surface area contributed by atoms with Gasteiger partial charge in [0.15, 0.2) is 0 Å². The molecule has 1 saturated heterocycles. The molecule has 0 saturated carbocycles. The Morgan fingerprint density at radius 1 is 1.12 bits per heavy atom. The number of imidazole rings is 1. The highest BCUT2D eigenvalue weighted by Gasteiger charge is 2.14. The molecule has 128 valence electrons. The minimum atomic E-state index is -0.0849. The Labute approximate surface area is 145 Å². The highest BCUT2D eigenvalue weighted by molar-refractivity contribution is 5.80. The van der Waals surface area contributed by atoms with Gasteiger partial charge in [-0.15, -0.1) is 0 Å². The molecule has 1 aromatic carbocycles. The number of anilines is 1. The van der Waals surface area contributed by atoms with Gasteiger partial charge in [-0.1, -0.05) is 12.1 Å². The minimum absolute atomic E-state index is 0.0849. The van der Waals surface area contributed by atoms with E-state index in [1.807, 2.05) is 34.9 Å². The summed E-state index contributed by atoms with van der Waals surface area (Å²) in [6.07, 6.45) is 5.85. The fraction of sp³-hybridized carbons (Fsp3) is 0.333. The highest BCUT2D eigenvalue weighted by Crippen LogP contribution is 2.17. The second kappa shape index (κ2) is 6.88. The standard InChI is InChI=1S/C18H20N6O/c25-18(12-24-13-21-14-5-1-2-6-15(14)24)20-11-16-19-8-7-17(22-16)23-9-3-4-10-23/h1-2,5-8,13H,3-4,9-12H2,(H,20,25). The molecule has 0 radical (unpaired) electrons. The number of nitrogens with zero attached hydrogens (tertiary/aromatic N) is 5. The van der Waals surface area contributed by atoms with Crippen LogP contribution < -0.4 is 10.2 Å². The van der Waals surface area contributed by atoms with Crippen molar-refractivity contribution in [3.63, 3.8) is 0 Å². The number of benzene rings is 1. The Kier molecular flexibility index (Phi) is 4.28. The number of hydrogen-bond acceptors (Lipinski definition) is 5. The molecule has 1 aliphatic rings. The lowest BCUT2D eigenvalue weighted by Crippen LogP contribution is -2.28. The van der Waals surface area contributed by atoms with Crippen molar-refractivity contribution < 1.29 is 4.79 Å². The Hall–Kier alpha value is -2.96. The van der Waals surface area contributed by atoms with Crippen LogP contribution in [-0.4, -0.2) is 38.5 Å². The second-order valence-electron chi connectivity index (χ2n) is 6.16. The number of carbonyl (C=O) groups excluding carboxylic acids is 1. The van der Waals surface area contributed by atoms with Crippen molar-refractivity contribution in [1.82, 2.24) is 24.8 Å². The summed E-state index contributed by atoms with van der Waals surface area (Å²) < 4.78 is 1.84. The maximum atomic E-state index is 12.2. The van der Waals surface area contributed by atoms with Crippen LogP contribution in [0.25, 0.3) is 11.0 Å². The Morgan fingerprint density at radius 2 is 1.96 bits per heavy atom. The summed E-state index contributed by atoms with van der Waals surface area (Å²) in [5, 5.41) is 2.89. The van der Waals surface area contributed by atoms with Gasteiger partial charge in [0.2, 0.25) is 5.91 Å². The van der Waals surface area contributed by atoms with Crippen LogP contribution in [0.3, 0.4) is 0 Å². The summed E-state index contributed by atoms with van der Waals surface area (Å²) in [5.41, 5.74) is 1.84. The average Bonchev–Trinajstić information content (AvgIpc) is 3.31.